The van der Waals surface area contributed by atoms with E-state index < -0.39 is 42.0 Å². The highest BCUT2D eigenvalue weighted by Gasteiger charge is 2.32. The lowest BCUT2D eigenvalue weighted by molar-refractivity contribution is 0.0391. The number of cyclic esters (lactones) is 2. The molecule has 0 aromatic heterocycles. The van der Waals surface area contributed by atoms with Crippen LogP contribution in [0, 0.1) is 6.92 Å². The zero-order chi connectivity index (χ0) is 18.0. The minimum Gasteiger partial charge on any atom is -0.386 e. The first kappa shape index (κ1) is 16.5. The maximum atomic E-state index is 11.9. The van der Waals surface area contributed by atoms with E-state index in [1.165, 1.54) is 6.92 Å². The van der Waals surface area contributed by atoms with Crippen LogP contribution < -0.4 is 0 Å². The molecule has 24 heavy (non-hydrogen) atoms. The Kier molecular flexibility index (Phi) is 3.32. The topological polar surface area (TPSA) is 152 Å². The third kappa shape index (κ3) is 2.38. The summed E-state index contributed by atoms with van der Waals surface area (Å²) in [6.45, 7) is 1.25. The van der Waals surface area contributed by atoms with Crippen molar-refractivity contribution in [2.24, 2.45) is 0 Å². The van der Waals surface area contributed by atoms with Crippen LogP contribution in [0.25, 0.3) is 10.8 Å². The summed E-state index contributed by atoms with van der Waals surface area (Å²) in [6.07, 6.45) is 0. The molecular weight excluding hydrogens is 364 g/mol. The summed E-state index contributed by atoms with van der Waals surface area (Å²) in [5, 5.41) is -0.121. The van der Waals surface area contributed by atoms with Gasteiger partial charge >= 0.3 is 11.9 Å². The summed E-state index contributed by atoms with van der Waals surface area (Å²) in [5.41, 5.74) is -0.732. The number of hydrogen-bond donors (Lipinski definition) is 2. The van der Waals surface area contributed by atoms with Gasteiger partial charge in [0.2, 0.25) is 0 Å². The van der Waals surface area contributed by atoms with Crippen LogP contribution in [-0.2, 0) is 25.0 Å². The highest BCUT2D eigenvalue weighted by atomic mass is 32.2. The number of ether oxygens (including phenoxy) is 1. The molecule has 0 saturated carbocycles. The average molecular weight is 372 g/mol. The van der Waals surface area contributed by atoms with Gasteiger partial charge in [-0.1, -0.05) is 0 Å². The molecule has 1 aliphatic heterocycles. The number of benzene rings is 2. The zero-order valence-electron chi connectivity index (χ0n) is 11.8. The summed E-state index contributed by atoms with van der Waals surface area (Å²) in [4.78, 5) is 22.4. The highest BCUT2D eigenvalue weighted by molar-refractivity contribution is 7.86. The molecule has 0 atom stereocenters. The summed E-state index contributed by atoms with van der Waals surface area (Å²) < 4.78 is 68.7. The van der Waals surface area contributed by atoms with Crippen LogP contribution in [0.4, 0.5) is 0 Å². The lowest BCUT2D eigenvalue weighted by Gasteiger charge is -2.19. The molecule has 2 N–H and O–H groups in total. The van der Waals surface area contributed by atoms with Crippen LogP contribution in [-0.4, -0.2) is 37.9 Å². The molecule has 1 aliphatic rings. The van der Waals surface area contributed by atoms with Crippen molar-refractivity contribution in [1.29, 1.82) is 0 Å². The van der Waals surface area contributed by atoms with E-state index in [1.807, 2.05) is 0 Å². The van der Waals surface area contributed by atoms with Gasteiger partial charge in [0, 0.05) is 5.39 Å². The van der Waals surface area contributed by atoms with Gasteiger partial charge in [-0.25, -0.2) is 9.59 Å². The molecule has 0 bridgehead atoms. The van der Waals surface area contributed by atoms with Crippen LogP contribution in [0.1, 0.15) is 26.3 Å². The summed E-state index contributed by atoms with van der Waals surface area (Å²) in [7, 11) is -9.46. The molecule has 0 amide bonds. The molecule has 3 rings (SSSR count). The second-order valence-corrected chi connectivity index (χ2v) is 7.88. The normalized spacial score (nSPS) is 14.8. The Labute approximate surface area is 135 Å². The highest BCUT2D eigenvalue weighted by Crippen LogP contribution is 2.36. The third-order valence-electron chi connectivity index (χ3n) is 3.63. The fourth-order valence-electron chi connectivity index (χ4n) is 2.58. The predicted molar refractivity (Wildman–Crippen MR) is 78.1 cm³/mol. The Bertz CT molecular complexity index is 1140. The van der Waals surface area contributed by atoms with Crippen LogP contribution >= 0.6 is 0 Å². The first-order valence-electron chi connectivity index (χ1n) is 6.24. The van der Waals surface area contributed by atoms with Crippen molar-refractivity contribution in [1.82, 2.24) is 0 Å². The van der Waals surface area contributed by atoms with E-state index in [0.717, 1.165) is 18.2 Å². The predicted octanol–water partition coefficient (Wildman–Crippen LogP) is 0.952. The number of esters is 2. The van der Waals surface area contributed by atoms with E-state index in [-0.39, 0.29) is 27.5 Å². The molecule has 0 fully saturated rings. The lowest BCUT2D eigenvalue weighted by Crippen LogP contribution is -2.21. The molecule has 0 radical (unpaired) electrons. The van der Waals surface area contributed by atoms with E-state index in [4.69, 9.17) is 0 Å². The van der Waals surface area contributed by atoms with Crippen molar-refractivity contribution in [3.05, 3.63) is 34.9 Å². The Morgan fingerprint density at radius 1 is 0.875 bits per heavy atom. The third-order valence-corrected chi connectivity index (χ3v) is 5.44. The van der Waals surface area contributed by atoms with E-state index >= 15 is 0 Å². The molecule has 0 aliphatic carbocycles. The minimum atomic E-state index is -4.74. The molecule has 0 unspecified atom stereocenters. The molecule has 2 aromatic rings. The van der Waals surface area contributed by atoms with Gasteiger partial charge in [0.15, 0.2) is 0 Å². The number of carbonyl (C=O) groups excluding carboxylic acids is 2. The SMILES string of the molecule is Cc1c(S(=O)(=O)O)cc2c3c(cc(S(=O)(=O)O)cc13)C(=O)OC2=O. The summed E-state index contributed by atoms with van der Waals surface area (Å²) in [5.74, 6) is -2.27. The van der Waals surface area contributed by atoms with E-state index in [9.17, 15) is 35.5 Å². The molecule has 0 saturated heterocycles. The maximum absolute atomic E-state index is 11.9. The van der Waals surface area contributed by atoms with E-state index in [2.05, 4.69) is 4.74 Å². The fourth-order valence-corrected chi connectivity index (χ4v) is 3.88. The fraction of sp³-hybridized carbons (Fsp3) is 0.0769. The Morgan fingerprint density at radius 2 is 1.42 bits per heavy atom. The number of rotatable bonds is 2. The Morgan fingerprint density at radius 3 is 1.92 bits per heavy atom. The number of aryl methyl sites for hydroxylation is 1. The van der Waals surface area contributed by atoms with Crippen molar-refractivity contribution in [3.8, 4) is 0 Å². The molecular formula is C13H8O9S2. The monoisotopic (exact) mass is 372 g/mol. The molecule has 126 valence electrons. The Balaban J connectivity index is 2.63. The van der Waals surface area contributed by atoms with Crippen molar-refractivity contribution in [2.45, 2.75) is 16.7 Å². The van der Waals surface area contributed by atoms with Gasteiger partial charge in [0.25, 0.3) is 20.2 Å². The molecule has 2 aromatic carbocycles. The largest absolute Gasteiger partial charge is 0.386 e. The first-order valence-corrected chi connectivity index (χ1v) is 9.12. The van der Waals surface area contributed by atoms with E-state index in [0.29, 0.717) is 0 Å². The minimum absolute atomic E-state index is 0.0199. The maximum Gasteiger partial charge on any atom is 0.346 e. The number of carbonyl (C=O) groups is 2. The van der Waals surface area contributed by atoms with E-state index in [1.54, 1.807) is 0 Å². The quantitative estimate of drug-likeness (QED) is 0.446. The first-order chi connectivity index (χ1) is 10.9. The summed E-state index contributed by atoms with van der Waals surface area (Å²) in [6, 6.07) is 2.58. The van der Waals surface area contributed by atoms with Crippen molar-refractivity contribution in [3.63, 3.8) is 0 Å². The van der Waals surface area contributed by atoms with Crippen molar-refractivity contribution in [2.75, 3.05) is 0 Å². The lowest BCUT2D eigenvalue weighted by atomic mass is 9.94. The molecule has 11 heteroatoms. The van der Waals surface area contributed by atoms with Crippen LogP contribution in [0.3, 0.4) is 0 Å². The Hall–Kier alpha value is -2.34. The van der Waals surface area contributed by atoms with Crippen molar-refractivity contribution < 1.29 is 40.3 Å². The van der Waals surface area contributed by atoms with Crippen molar-refractivity contribution >= 4 is 42.9 Å². The van der Waals surface area contributed by atoms with Crippen LogP contribution in [0.2, 0.25) is 0 Å². The van der Waals surface area contributed by atoms with Crippen LogP contribution in [0.15, 0.2) is 28.0 Å². The standard InChI is InChI=1S/C13H8O9S2/c1-5-7-2-6(23(16,17)18)3-8-11(7)9(13(15)22-12(8)14)4-10(5)24(19,20)21/h2-4H,1H3,(H,16,17,18)(H,19,20,21). The second-order valence-electron chi connectivity index (χ2n) is 5.07. The van der Waals surface area contributed by atoms with Gasteiger partial charge in [0.1, 0.15) is 0 Å². The average Bonchev–Trinajstić information content (AvgIpc) is 2.43. The van der Waals surface area contributed by atoms with Gasteiger partial charge in [-0.2, -0.15) is 16.8 Å². The zero-order valence-corrected chi connectivity index (χ0v) is 13.4. The second kappa shape index (κ2) is 4.83. The van der Waals surface area contributed by atoms with Crippen LogP contribution in [0.5, 0.6) is 0 Å². The summed E-state index contributed by atoms with van der Waals surface area (Å²) >= 11 is 0. The van der Waals surface area contributed by atoms with Gasteiger partial charge in [0.05, 0.1) is 20.9 Å². The molecule has 9 nitrogen and oxygen atoms in total. The smallest absolute Gasteiger partial charge is 0.346 e. The van der Waals surface area contributed by atoms with Gasteiger partial charge in [-0.15, -0.1) is 0 Å². The molecule has 1 heterocycles. The molecule has 0 spiro atoms. The van der Waals surface area contributed by atoms with Gasteiger partial charge < -0.3 is 4.74 Å². The number of hydrogen-bond acceptors (Lipinski definition) is 7. The van der Waals surface area contributed by atoms with Gasteiger partial charge in [-0.05, 0) is 36.1 Å². The van der Waals surface area contributed by atoms with Gasteiger partial charge in [-0.3, -0.25) is 9.11 Å².